The first-order valence-electron chi connectivity index (χ1n) is 6.77. The monoisotopic (exact) mass is 326 g/mol. The molecule has 0 unspecified atom stereocenters. The predicted octanol–water partition coefficient (Wildman–Crippen LogP) is 3.67. The summed E-state index contributed by atoms with van der Waals surface area (Å²) in [5.41, 5.74) is 0.879. The number of rotatable bonds is 5. The summed E-state index contributed by atoms with van der Waals surface area (Å²) in [5, 5.41) is 12.3. The van der Waals surface area contributed by atoms with Crippen LogP contribution in [0.4, 0.5) is 0 Å². The molecule has 8 heteroatoms. The van der Waals surface area contributed by atoms with Crippen molar-refractivity contribution in [2.75, 3.05) is 0 Å². The van der Waals surface area contributed by atoms with Crippen LogP contribution in [0.3, 0.4) is 0 Å². The number of thioether (sulfide) groups is 1. The van der Waals surface area contributed by atoms with Crippen molar-refractivity contribution in [2.45, 2.75) is 11.0 Å². The van der Waals surface area contributed by atoms with E-state index in [0.717, 1.165) is 5.56 Å². The molecule has 0 aliphatic heterocycles. The minimum Gasteiger partial charge on any atom is -0.461 e. The molecule has 4 aromatic rings. The van der Waals surface area contributed by atoms with Crippen LogP contribution in [-0.4, -0.2) is 20.3 Å². The first-order chi connectivity index (χ1) is 11.4. The van der Waals surface area contributed by atoms with E-state index >= 15 is 0 Å². The summed E-state index contributed by atoms with van der Waals surface area (Å²) >= 11 is 1.33. The molecule has 0 saturated carbocycles. The number of hydrogen-bond acceptors (Lipinski definition) is 8. The van der Waals surface area contributed by atoms with Crippen LogP contribution in [0.2, 0.25) is 0 Å². The Kier molecular flexibility index (Phi) is 3.65. The SMILES string of the molecule is c1ccc(-c2nnc(SCc3nc(-c4ccco4)no3)o2)cc1. The number of aromatic nitrogens is 4. The summed E-state index contributed by atoms with van der Waals surface area (Å²) in [6, 6.07) is 13.1. The van der Waals surface area contributed by atoms with Crippen molar-refractivity contribution in [3.63, 3.8) is 0 Å². The Morgan fingerprint density at radius 1 is 1.00 bits per heavy atom. The van der Waals surface area contributed by atoms with Crippen molar-refractivity contribution >= 4 is 11.8 Å². The quantitative estimate of drug-likeness (QED) is 0.513. The van der Waals surface area contributed by atoms with Gasteiger partial charge in [0.15, 0.2) is 5.76 Å². The molecule has 0 atom stereocenters. The summed E-state index contributed by atoms with van der Waals surface area (Å²) in [6.07, 6.45) is 1.56. The highest BCUT2D eigenvalue weighted by molar-refractivity contribution is 7.98. The summed E-state index contributed by atoms with van der Waals surface area (Å²) in [6.45, 7) is 0. The zero-order valence-corrected chi connectivity index (χ0v) is 12.6. The molecule has 0 aliphatic rings. The molecule has 0 aliphatic carbocycles. The third kappa shape index (κ3) is 3.02. The van der Waals surface area contributed by atoms with Crippen LogP contribution in [-0.2, 0) is 5.75 Å². The fourth-order valence-corrected chi connectivity index (χ4v) is 2.51. The number of benzene rings is 1. The zero-order chi connectivity index (χ0) is 15.5. The highest BCUT2D eigenvalue weighted by atomic mass is 32.2. The molecule has 114 valence electrons. The lowest BCUT2D eigenvalue weighted by Crippen LogP contribution is -1.81. The van der Waals surface area contributed by atoms with Gasteiger partial charge in [-0.1, -0.05) is 35.1 Å². The Morgan fingerprint density at radius 2 is 1.91 bits per heavy atom. The molecule has 3 heterocycles. The maximum Gasteiger partial charge on any atom is 0.277 e. The van der Waals surface area contributed by atoms with Gasteiger partial charge in [0.25, 0.3) is 5.22 Å². The molecule has 0 radical (unpaired) electrons. The Hall–Kier alpha value is -2.87. The molecule has 4 rings (SSSR count). The van der Waals surface area contributed by atoms with Crippen molar-refractivity contribution in [3.8, 4) is 23.0 Å². The standard InChI is InChI=1S/C15H10N4O3S/c1-2-5-10(6-3-1)14-17-18-15(21-14)23-9-12-16-13(19-22-12)11-7-4-8-20-11/h1-8H,9H2. The fourth-order valence-electron chi connectivity index (χ4n) is 1.91. The van der Waals surface area contributed by atoms with Gasteiger partial charge in [-0.2, -0.15) is 4.98 Å². The van der Waals surface area contributed by atoms with E-state index in [1.807, 2.05) is 30.3 Å². The second kappa shape index (κ2) is 6.09. The van der Waals surface area contributed by atoms with Gasteiger partial charge in [-0.15, -0.1) is 10.2 Å². The van der Waals surface area contributed by atoms with Crippen LogP contribution in [0.15, 0.2) is 67.3 Å². The van der Waals surface area contributed by atoms with Crippen molar-refractivity contribution in [2.24, 2.45) is 0 Å². The molecule has 0 fully saturated rings. The predicted molar refractivity (Wildman–Crippen MR) is 81.3 cm³/mol. The number of furan rings is 1. The second-order valence-electron chi connectivity index (χ2n) is 4.52. The van der Waals surface area contributed by atoms with Gasteiger partial charge in [-0.25, -0.2) is 0 Å². The van der Waals surface area contributed by atoms with E-state index in [4.69, 9.17) is 13.4 Å². The van der Waals surface area contributed by atoms with Crippen LogP contribution < -0.4 is 0 Å². The zero-order valence-electron chi connectivity index (χ0n) is 11.7. The van der Waals surface area contributed by atoms with Crippen LogP contribution in [0.1, 0.15) is 5.89 Å². The van der Waals surface area contributed by atoms with E-state index in [2.05, 4.69) is 20.3 Å². The summed E-state index contributed by atoms with van der Waals surface area (Å²) in [4.78, 5) is 4.25. The molecule has 0 spiro atoms. The van der Waals surface area contributed by atoms with Gasteiger partial charge < -0.3 is 13.4 Å². The average Bonchev–Trinajstić information content (AvgIpc) is 3.33. The maximum absolute atomic E-state index is 5.60. The first-order valence-corrected chi connectivity index (χ1v) is 7.75. The highest BCUT2D eigenvalue weighted by Gasteiger charge is 2.13. The fraction of sp³-hybridized carbons (Fsp3) is 0.0667. The Balaban J connectivity index is 1.43. The van der Waals surface area contributed by atoms with Gasteiger partial charge in [0.1, 0.15) is 0 Å². The van der Waals surface area contributed by atoms with E-state index in [1.165, 1.54) is 11.8 Å². The third-order valence-corrected chi connectivity index (χ3v) is 3.76. The number of nitrogens with zero attached hydrogens (tertiary/aromatic N) is 4. The molecule has 23 heavy (non-hydrogen) atoms. The smallest absolute Gasteiger partial charge is 0.277 e. The minimum absolute atomic E-state index is 0.418. The van der Waals surface area contributed by atoms with Crippen molar-refractivity contribution in [1.82, 2.24) is 20.3 Å². The lowest BCUT2D eigenvalue weighted by molar-refractivity contribution is 0.389. The number of hydrogen-bond donors (Lipinski definition) is 0. The van der Waals surface area contributed by atoms with Gasteiger partial charge in [0, 0.05) is 5.56 Å². The van der Waals surface area contributed by atoms with Gasteiger partial charge in [0.05, 0.1) is 12.0 Å². The van der Waals surface area contributed by atoms with Crippen LogP contribution in [0.5, 0.6) is 0 Å². The van der Waals surface area contributed by atoms with Gasteiger partial charge >= 0.3 is 0 Å². The third-order valence-electron chi connectivity index (χ3n) is 2.96. The summed E-state index contributed by atoms with van der Waals surface area (Å²) in [5.74, 6) is 2.36. The summed E-state index contributed by atoms with van der Waals surface area (Å²) < 4.78 is 16.0. The first kappa shape index (κ1) is 13.8. The molecule has 0 saturated heterocycles. The van der Waals surface area contributed by atoms with Crippen LogP contribution >= 0.6 is 11.8 Å². The lowest BCUT2D eigenvalue weighted by atomic mass is 10.2. The van der Waals surface area contributed by atoms with Crippen molar-refractivity contribution < 1.29 is 13.4 Å². The van der Waals surface area contributed by atoms with E-state index < -0.39 is 0 Å². The van der Waals surface area contributed by atoms with Gasteiger partial charge in [-0.3, -0.25) is 0 Å². The largest absolute Gasteiger partial charge is 0.461 e. The topological polar surface area (TPSA) is 91.0 Å². The molecule has 0 N–H and O–H groups in total. The minimum atomic E-state index is 0.418. The molecular formula is C15H10N4O3S. The van der Waals surface area contributed by atoms with Gasteiger partial charge in [0.2, 0.25) is 17.6 Å². The molecular weight excluding hydrogens is 316 g/mol. The van der Waals surface area contributed by atoms with Crippen molar-refractivity contribution in [3.05, 3.63) is 54.6 Å². The lowest BCUT2D eigenvalue weighted by Gasteiger charge is -1.92. The Labute approximate surface area is 134 Å². The molecule has 1 aromatic carbocycles. The summed E-state index contributed by atoms with van der Waals surface area (Å²) in [7, 11) is 0. The molecule has 7 nitrogen and oxygen atoms in total. The van der Waals surface area contributed by atoms with E-state index in [9.17, 15) is 0 Å². The molecule has 3 aromatic heterocycles. The molecule has 0 bridgehead atoms. The van der Waals surface area contributed by atoms with E-state index in [0.29, 0.717) is 34.3 Å². The molecule has 0 amide bonds. The Bertz CT molecular complexity index is 887. The highest BCUT2D eigenvalue weighted by Crippen LogP contribution is 2.26. The van der Waals surface area contributed by atoms with E-state index in [-0.39, 0.29) is 0 Å². The van der Waals surface area contributed by atoms with Gasteiger partial charge in [-0.05, 0) is 24.3 Å². The second-order valence-corrected chi connectivity index (χ2v) is 5.44. The Morgan fingerprint density at radius 3 is 2.74 bits per heavy atom. The average molecular weight is 326 g/mol. The van der Waals surface area contributed by atoms with Crippen molar-refractivity contribution in [1.29, 1.82) is 0 Å². The maximum atomic E-state index is 5.60. The van der Waals surface area contributed by atoms with E-state index in [1.54, 1.807) is 18.4 Å². The normalized spacial score (nSPS) is 11.0. The van der Waals surface area contributed by atoms with Crippen LogP contribution in [0, 0.1) is 0 Å². The van der Waals surface area contributed by atoms with Crippen LogP contribution in [0.25, 0.3) is 23.0 Å².